The number of benzene rings is 1. The van der Waals surface area contributed by atoms with Crippen molar-refractivity contribution >= 4 is 17.1 Å². The summed E-state index contributed by atoms with van der Waals surface area (Å²) < 4.78 is 0. The van der Waals surface area contributed by atoms with Crippen LogP contribution in [-0.2, 0) is 6.42 Å². The van der Waals surface area contributed by atoms with Gasteiger partial charge in [-0.05, 0) is 43.5 Å². The van der Waals surface area contributed by atoms with Gasteiger partial charge in [0.1, 0.15) is 0 Å². The molecule has 0 bridgehead atoms. The van der Waals surface area contributed by atoms with Gasteiger partial charge in [0.25, 0.3) is 0 Å². The van der Waals surface area contributed by atoms with Crippen LogP contribution in [-0.4, -0.2) is 5.78 Å². The summed E-state index contributed by atoms with van der Waals surface area (Å²) in [6.07, 6.45) is 0.506. The molecule has 0 saturated carbocycles. The van der Waals surface area contributed by atoms with Crippen molar-refractivity contribution in [2.24, 2.45) is 0 Å². The molecule has 0 aliphatic heterocycles. The van der Waals surface area contributed by atoms with E-state index in [0.29, 0.717) is 6.42 Å². The van der Waals surface area contributed by atoms with Crippen LogP contribution < -0.4 is 0 Å². The van der Waals surface area contributed by atoms with Crippen LogP contribution in [0.1, 0.15) is 31.2 Å². The van der Waals surface area contributed by atoms with E-state index in [9.17, 15) is 4.79 Å². The van der Waals surface area contributed by atoms with Crippen LogP contribution in [0.2, 0.25) is 0 Å². The van der Waals surface area contributed by atoms with Crippen molar-refractivity contribution in [3.63, 3.8) is 0 Å². The highest BCUT2D eigenvalue weighted by atomic mass is 32.1. The number of aryl methyl sites for hydroxylation is 3. The molecule has 2 rings (SSSR count). The summed E-state index contributed by atoms with van der Waals surface area (Å²) in [6, 6.07) is 10.1. The van der Waals surface area contributed by atoms with Crippen LogP contribution in [0.25, 0.3) is 0 Å². The Labute approximate surface area is 106 Å². The first-order chi connectivity index (χ1) is 8.08. The van der Waals surface area contributed by atoms with Crippen molar-refractivity contribution in [1.29, 1.82) is 0 Å². The van der Waals surface area contributed by atoms with Gasteiger partial charge in [-0.1, -0.05) is 24.3 Å². The standard InChI is InChI=1S/C15H16OS/c1-10-6-4-5-7-13(10)9-14(16)15-8-11(2)12(3)17-15/h4-8H,9H2,1-3H3. The second-order valence-corrected chi connectivity index (χ2v) is 5.63. The molecule has 1 aromatic carbocycles. The van der Waals surface area contributed by atoms with E-state index in [4.69, 9.17) is 0 Å². The number of hydrogen-bond acceptors (Lipinski definition) is 2. The molecule has 0 atom stereocenters. The van der Waals surface area contributed by atoms with Gasteiger partial charge in [-0.15, -0.1) is 11.3 Å². The lowest BCUT2D eigenvalue weighted by atomic mass is 10.0. The zero-order chi connectivity index (χ0) is 12.4. The zero-order valence-electron chi connectivity index (χ0n) is 10.4. The largest absolute Gasteiger partial charge is 0.293 e. The van der Waals surface area contributed by atoms with Gasteiger partial charge in [0.2, 0.25) is 0 Å². The molecule has 1 heterocycles. The molecule has 17 heavy (non-hydrogen) atoms. The monoisotopic (exact) mass is 244 g/mol. The number of carbonyl (C=O) groups excluding carboxylic acids is 1. The van der Waals surface area contributed by atoms with Crippen LogP contribution in [0.5, 0.6) is 0 Å². The molecule has 0 radical (unpaired) electrons. The van der Waals surface area contributed by atoms with Gasteiger partial charge in [0, 0.05) is 11.3 Å². The molecule has 0 amide bonds. The topological polar surface area (TPSA) is 17.1 Å². The van der Waals surface area contributed by atoms with E-state index < -0.39 is 0 Å². The molecule has 2 heteroatoms. The fourth-order valence-corrected chi connectivity index (χ4v) is 2.75. The van der Waals surface area contributed by atoms with Crippen LogP contribution in [0.15, 0.2) is 30.3 Å². The van der Waals surface area contributed by atoms with E-state index >= 15 is 0 Å². The predicted molar refractivity (Wildman–Crippen MR) is 73.0 cm³/mol. The predicted octanol–water partition coefficient (Wildman–Crippen LogP) is 4.10. The highest BCUT2D eigenvalue weighted by Crippen LogP contribution is 2.22. The van der Waals surface area contributed by atoms with E-state index in [1.54, 1.807) is 11.3 Å². The van der Waals surface area contributed by atoms with E-state index in [-0.39, 0.29) is 5.78 Å². The highest BCUT2D eigenvalue weighted by molar-refractivity contribution is 7.14. The summed E-state index contributed by atoms with van der Waals surface area (Å²) in [4.78, 5) is 14.3. The molecular formula is C15H16OS. The quantitative estimate of drug-likeness (QED) is 0.743. The summed E-state index contributed by atoms with van der Waals surface area (Å²) in [5, 5.41) is 0. The molecule has 0 spiro atoms. The first-order valence-electron chi connectivity index (χ1n) is 5.72. The van der Waals surface area contributed by atoms with Gasteiger partial charge in [0.15, 0.2) is 5.78 Å². The molecular weight excluding hydrogens is 228 g/mol. The molecule has 1 nitrogen and oxygen atoms in total. The van der Waals surface area contributed by atoms with Crippen molar-refractivity contribution in [3.8, 4) is 0 Å². The number of hydrogen-bond donors (Lipinski definition) is 0. The molecule has 0 saturated heterocycles. The summed E-state index contributed by atoms with van der Waals surface area (Å²) >= 11 is 1.60. The van der Waals surface area contributed by atoms with Crippen LogP contribution >= 0.6 is 11.3 Å². The van der Waals surface area contributed by atoms with Gasteiger partial charge >= 0.3 is 0 Å². The Morgan fingerprint density at radius 2 is 1.82 bits per heavy atom. The molecule has 88 valence electrons. The number of rotatable bonds is 3. The van der Waals surface area contributed by atoms with Crippen LogP contribution in [0.4, 0.5) is 0 Å². The zero-order valence-corrected chi connectivity index (χ0v) is 11.2. The Balaban J connectivity index is 2.20. The Morgan fingerprint density at radius 1 is 1.12 bits per heavy atom. The Bertz CT molecular complexity index is 532. The Kier molecular flexibility index (Phi) is 3.43. The average molecular weight is 244 g/mol. The third-order valence-electron chi connectivity index (χ3n) is 3.05. The molecule has 0 unspecified atom stereocenters. The summed E-state index contributed by atoms with van der Waals surface area (Å²) in [5.74, 6) is 0.223. The number of Topliss-reactive ketones (excluding diaryl/α,β-unsaturated/α-hetero) is 1. The van der Waals surface area contributed by atoms with E-state index in [1.165, 1.54) is 16.0 Å². The van der Waals surface area contributed by atoms with Gasteiger partial charge in [-0.25, -0.2) is 0 Å². The lowest BCUT2D eigenvalue weighted by Crippen LogP contribution is -2.02. The maximum Gasteiger partial charge on any atom is 0.177 e. The van der Waals surface area contributed by atoms with Gasteiger partial charge in [0.05, 0.1) is 4.88 Å². The van der Waals surface area contributed by atoms with Gasteiger partial charge in [-0.3, -0.25) is 4.79 Å². The lowest BCUT2D eigenvalue weighted by molar-refractivity contribution is 0.0996. The molecule has 0 fully saturated rings. The fraction of sp³-hybridized carbons (Fsp3) is 0.267. The Morgan fingerprint density at radius 3 is 2.41 bits per heavy atom. The van der Waals surface area contributed by atoms with Crippen molar-refractivity contribution < 1.29 is 4.79 Å². The average Bonchev–Trinajstić information content (AvgIpc) is 2.63. The number of ketones is 1. The van der Waals surface area contributed by atoms with Crippen molar-refractivity contribution in [2.45, 2.75) is 27.2 Å². The van der Waals surface area contributed by atoms with Crippen molar-refractivity contribution in [3.05, 3.63) is 56.8 Å². The minimum absolute atomic E-state index is 0.223. The normalized spacial score (nSPS) is 10.5. The van der Waals surface area contributed by atoms with Crippen LogP contribution in [0.3, 0.4) is 0 Å². The SMILES string of the molecule is Cc1ccccc1CC(=O)c1cc(C)c(C)s1. The molecule has 1 aromatic heterocycles. The number of carbonyl (C=O) groups is 1. The minimum atomic E-state index is 0.223. The third kappa shape index (κ3) is 2.64. The van der Waals surface area contributed by atoms with Crippen LogP contribution in [0, 0.1) is 20.8 Å². The van der Waals surface area contributed by atoms with Crippen molar-refractivity contribution in [1.82, 2.24) is 0 Å². The Hall–Kier alpha value is -1.41. The molecule has 0 aliphatic rings. The second kappa shape index (κ2) is 4.84. The molecule has 0 N–H and O–H groups in total. The number of thiophene rings is 1. The lowest BCUT2D eigenvalue weighted by Gasteiger charge is -2.03. The smallest absolute Gasteiger partial charge is 0.177 e. The summed E-state index contributed by atoms with van der Waals surface area (Å²) in [5.41, 5.74) is 3.52. The molecule has 2 aromatic rings. The fourth-order valence-electron chi connectivity index (χ4n) is 1.78. The van der Waals surface area contributed by atoms with E-state index in [2.05, 4.69) is 13.8 Å². The van der Waals surface area contributed by atoms with E-state index in [1.807, 2.05) is 37.3 Å². The first kappa shape index (κ1) is 12.1. The maximum atomic E-state index is 12.1. The highest BCUT2D eigenvalue weighted by Gasteiger charge is 2.12. The minimum Gasteiger partial charge on any atom is -0.293 e. The van der Waals surface area contributed by atoms with Gasteiger partial charge in [-0.2, -0.15) is 0 Å². The van der Waals surface area contributed by atoms with Gasteiger partial charge < -0.3 is 0 Å². The third-order valence-corrected chi connectivity index (χ3v) is 4.25. The van der Waals surface area contributed by atoms with E-state index in [0.717, 1.165) is 10.4 Å². The maximum absolute atomic E-state index is 12.1. The molecule has 0 aliphatic carbocycles. The van der Waals surface area contributed by atoms with Crippen molar-refractivity contribution in [2.75, 3.05) is 0 Å². The first-order valence-corrected chi connectivity index (χ1v) is 6.54. The summed E-state index contributed by atoms with van der Waals surface area (Å²) in [7, 11) is 0. The second-order valence-electron chi connectivity index (χ2n) is 4.38. The summed E-state index contributed by atoms with van der Waals surface area (Å²) in [6.45, 7) is 6.16.